The molecule has 19 heteroatoms. The number of nitrogens with zero attached hydrogens (tertiary/aromatic N) is 5. The van der Waals surface area contributed by atoms with Crippen molar-refractivity contribution in [3.8, 4) is 0 Å². The van der Waals surface area contributed by atoms with E-state index >= 15 is 0 Å². The minimum atomic E-state index is -1.78. The predicted octanol–water partition coefficient (Wildman–Crippen LogP) is -1.68. The third kappa shape index (κ3) is 6.01. The molecule has 37 heavy (non-hydrogen) atoms. The third-order valence-electron chi connectivity index (χ3n) is 4.76. The molecule has 0 aliphatic carbocycles. The highest BCUT2D eigenvalue weighted by Crippen LogP contribution is 2.41. The van der Waals surface area contributed by atoms with E-state index in [0.29, 0.717) is 5.57 Å². The largest absolute Gasteiger partial charge is 0.477 e. The van der Waals surface area contributed by atoms with Gasteiger partial charge in [-0.05, 0) is 5.57 Å². The number of thioether (sulfide) groups is 2. The first kappa shape index (κ1) is 27.9. The van der Waals surface area contributed by atoms with Crippen LogP contribution in [0.3, 0.4) is 0 Å². The predicted molar refractivity (Wildman–Crippen MR) is 134 cm³/mol. The monoisotopic (exact) mass is 572 g/mol. The van der Waals surface area contributed by atoms with Crippen molar-refractivity contribution in [3.05, 3.63) is 22.3 Å². The lowest BCUT2D eigenvalue weighted by atomic mass is 10.0. The van der Waals surface area contributed by atoms with Crippen LogP contribution in [0.4, 0.5) is 5.13 Å². The molecular formula is C18H20N8O8S3. The van der Waals surface area contributed by atoms with Crippen LogP contribution in [-0.4, -0.2) is 103 Å². The number of aliphatic carboxylic acids is 2. The van der Waals surface area contributed by atoms with Gasteiger partial charge in [-0.2, -0.15) is 4.99 Å². The van der Waals surface area contributed by atoms with Gasteiger partial charge in [-0.15, -0.1) is 23.1 Å². The second-order valence-corrected chi connectivity index (χ2v) is 10.2. The molecule has 198 valence electrons. The highest BCUT2D eigenvalue weighted by atomic mass is 32.2. The Morgan fingerprint density at radius 1 is 1.38 bits per heavy atom. The first-order valence-corrected chi connectivity index (χ1v) is 12.9. The van der Waals surface area contributed by atoms with Crippen LogP contribution in [0, 0.1) is 0 Å². The molecule has 7 N–H and O–H groups in total. The number of rotatable bonds is 7. The average Bonchev–Trinajstić information content (AvgIpc) is 3.27. The summed E-state index contributed by atoms with van der Waals surface area (Å²) in [5, 5.41) is 26.5. The second-order valence-electron chi connectivity index (χ2n) is 7.22. The summed E-state index contributed by atoms with van der Waals surface area (Å²) in [7, 11) is 2.56. The number of carboxylic acids is 2. The third-order valence-corrected chi connectivity index (χ3v) is 7.90. The summed E-state index contributed by atoms with van der Waals surface area (Å²) < 4.78 is 0. The van der Waals surface area contributed by atoms with Gasteiger partial charge in [0.15, 0.2) is 16.0 Å². The average molecular weight is 573 g/mol. The van der Waals surface area contributed by atoms with E-state index in [1.54, 1.807) is 0 Å². The summed E-state index contributed by atoms with van der Waals surface area (Å²) in [6.07, 6.45) is 0. The molecule has 1 fully saturated rings. The zero-order valence-corrected chi connectivity index (χ0v) is 21.6. The molecule has 1 aromatic rings. The Bertz CT molecular complexity index is 1240. The van der Waals surface area contributed by atoms with E-state index in [-0.39, 0.29) is 38.9 Å². The normalized spacial score (nSPS) is 19.6. The number of nitrogen functional groups attached to an aromatic ring is 1. The highest BCUT2D eigenvalue weighted by molar-refractivity contribution is 8.14. The van der Waals surface area contributed by atoms with Crippen LogP contribution in [-0.2, 0) is 28.8 Å². The number of fused-ring (bicyclic) bond motifs is 1. The molecule has 0 saturated carbocycles. The molecule has 3 rings (SSSR count). The number of aromatic nitrogens is 1. The molecule has 2 atom stereocenters. The minimum absolute atomic E-state index is 0.0503. The number of nitrogens with one attached hydrogen (secondary N) is 1. The smallest absolute Gasteiger partial charge is 0.396 e. The molecule has 0 aromatic carbocycles. The van der Waals surface area contributed by atoms with E-state index in [0.717, 1.165) is 33.0 Å². The fourth-order valence-corrected chi connectivity index (χ4v) is 6.11. The first-order chi connectivity index (χ1) is 17.5. The summed E-state index contributed by atoms with van der Waals surface area (Å²) in [5.41, 5.74) is 5.58. The zero-order chi connectivity index (χ0) is 27.4. The van der Waals surface area contributed by atoms with Crippen LogP contribution in [0.1, 0.15) is 5.69 Å². The topological polar surface area (TPSA) is 243 Å². The lowest BCUT2D eigenvalue weighted by Crippen LogP contribution is -2.71. The zero-order valence-electron chi connectivity index (χ0n) is 19.1. The van der Waals surface area contributed by atoms with Gasteiger partial charge >= 0.3 is 17.8 Å². The van der Waals surface area contributed by atoms with Gasteiger partial charge in [-0.3, -0.25) is 24.3 Å². The fraction of sp³-hybridized carbons (Fsp3) is 0.333. The van der Waals surface area contributed by atoms with Crippen LogP contribution in [0.25, 0.3) is 0 Å². The van der Waals surface area contributed by atoms with Crippen LogP contribution < -0.4 is 16.9 Å². The first-order valence-electron chi connectivity index (χ1n) is 9.96. The van der Waals surface area contributed by atoms with Crippen molar-refractivity contribution >= 4 is 80.5 Å². The van der Waals surface area contributed by atoms with E-state index in [4.69, 9.17) is 21.5 Å². The number of amides is 3. The molecule has 16 nitrogen and oxygen atoms in total. The summed E-state index contributed by atoms with van der Waals surface area (Å²) in [5.74, 6) is -0.319. The Hall–Kier alpha value is -3.68. The van der Waals surface area contributed by atoms with Crippen LogP contribution in [0.5, 0.6) is 0 Å². The van der Waals surface area contributed by atoms with Crippen molar-refractivity contribution in [2.45, 2.75) is 11.4 Å². The van der Waals surface area contributed by atoms with Crippen LogP contribution in [0.15, 0.2) is 26.8 Å². The summed E-state index contributed by atoms with van der Waals surface area (Å²) in [6.45, 7) is 0. The number of carbonyl (C=O) groups excluding carboxylic acids is 3. The van der Waals surface area contributed by atoms with Gasteiger partial charge in [-0.1, -0.05) is 16.9 Å². The number of amidine groups is 1. The number of thiazole rings is 1. The van der Waals surface area contributed by atoms with Gasteiger partial charge in [0.25, 0.3) is 11.8 Å². The van der Waals surface area contributed by atoms with E-state index in [2.05, 4.69) is 20.4 Å². The van der Waals surface area contributed by atoms with Gasteiger partial charge < -0.3 is 26.1 Å². The van der Waals surface area contributed by atoms with E-state index in [1.807, 2.05) is 0 Å². The fourth-order valence-electron chi connectivity index (χ4n) is 3.20. The van der Waals surface area contributed by atoms with Gasteiger partial charge in [0.05, 0.1) is 0 Å². The number of carbonyl (C=O) groups is 5. The molecule has 0 bridgehead atoms. The van der Waals surface area contributed by atoms with Crippen molar-refractivity contribution in [2.75, 3.05) is 31.4 Å². The molecule has 3 amide bonds. The maximum Gasteiger partial charge on any atom is 0.396 e. The second kappa shape index (κ2) is 11.6. The van der Waals surface area contributed by atoms with Crippen LogP contribution >= 0.6 is 34.9 Å². The molecule has 0 radical (unpaired) electrons. The highest BCUT2D eigenvalue weighted by Gasteiger charge is 2.54. The molecule has 2 aliphatic heterocycles. The Labute approximate surface area is 220 Å². The number of carboxylic acid groups (broad SMARTS) is 2. The molecule has 0 unspecified atom stereocenters. The number of anilines is 1. The Balaban J connectivity index is 1.77. The standard InChI is InChI=1S/C18H20N8O8S3/c1-25(20)18(23-12(28)16(32)33)37-4-6-3-35-14-9(13(29)26(14)10(6)15(30)31)22-11(27)8(24-34-2)7-5-36-17(19)21-7/h5,9,14H,3-4,20H2,1-2H3,(H2,19,21)(H,22,27)(H,30,31)(H,32,33)/b23-18?,24-8-/t9-,14-/m1/s1. The van der Waals surface area contributed by atoms with Crippen molar-refractivity contribution < 1.29 is 39.0 Å². The van der Waals surface area contributed by atoms with Crippen LogP contribution in [0.2, 0.25) is 0 Å². The minimum Gasteiger partial charge on any atom is -0.477 e. The molecular weight excluding hydrogens is 552 g/mol. The number of β-lactam (4-membered cyclic amide) rings is 1. The van der Waals surface area contributed by atoms with Crippen molar-refractivity contribution in [3.63, 3.8) is 0 Å². The number of oxime groups is 1. The summed E-state index contributed by atoms with van der Waals surface area (Å²) in [6, 6.07) is -1.04. The quantitative estimate of drug-likeness (QED) is 0.0612. The molecule has 3 heterocycles. The Morgan fingerprint density at radius 2 is 2.08 bits per heavy atom. The van der Waals surface area contributed by atoms with Crippen molar-refractivity contribution in [2.24, 2.45) is 16.0 Å². The Morgan fingerprint density at radius 3 is 2.62 bits per heavy atom. The van der Waals surface area contributed by atoms with E-state index < -0.39 is 41.1 Å². The number of hydrazine groups is 1. The molecule has 1 aromatic heterocycles. The number of aliphatic imine (C=N–C) groups is 1. The summed E-state index contributed by atoms with van der Waals surface area (Å²) in [4.78, 5) is 73.1. The van der Waals surface area contributed by atoms with Crippen molar-refractivity contribution in [1.29, 1.82) is 0 Å². The summed E-state index contributed by atoms with van der Waals surface area (Å²) >= 11 is 3.12. The van der Waals surface area contributed by atoms with Gasteiger partial charge in [0.1, 0.15) is 29.9 Å². The van der Waals surface area contributed by atoms with Crippen molar-refractivity contribution in [1.82, 2.24) is 20.2 Å². The van der Waals surface area contributed by atoms with Gasteiger partial charge in [0.2, 0.25) is 0 Å². The number of hydrogen-bond donors (Lipinski definition) is 5. The maximum absolute atomic E-state index is 12.9. The lowest BCUT2D eigenvalue weighted by Gasteiger charge is -2.49. The maximum atomic E-state index is 12.9. The van der Waals surface area contributed by atoms with E-state index in [9.17, 15) is 29.1 Å². The lowest BCUT2D eigenvalue weighted by molar-refractivity contribution is -0.150. The molecule has 0 spiro atoms. The Kier molecular flexibility index (Phi) is 8.73. The number of hydrogen-bond acceptors (Lipinski definition) is 13. The molecule has 2 aliphatic rings. The van der Waals surface area contributed by atoms with E-state index in [1.165, 1.54) is 31.3 Å². The van der Waals surface area contributed by atoms with Gasteiger partial charge in [0, 0.05) is 23.9 Å². The molecule has 1 saturated heterocycles. The SMILES string of the molecule is CO/N=C(\C(=O)N[C@@H]1C(=O)N2C(C(=O)O)=C(CSC(=NC(=O)C(=O)O)N(C)N)CS[C@H]12)c1csc(N)n1. The van der Waals surface area contributed by atoms with Gasteiger partial charge in [-0.25, -0.2) is 20.4 Å². The number of nitrogens with two attached hydrogens (primary N) is 2.